The molecule has 0 bridgehead atoms. The zero-order valence-corrected chi connectivity index (χ0v) is 10.7. The normalized spacial score (nSPS) is 11.2. The van der Waals surface area contributed by atoms with Gasteiger partial charge in [-0.3, -0.25) is 4.79 Å². The number of carbonyl (C=O) groups is 1. The molecule has 0 radical (unpaired) electrons. The summed E-state index contributed by atoms with van der Waals surface area (Å²) in [5, 5.41) is 2.48. The maximum absolute atomic E-state index is 11.5. The molecular formula is C11H16N2O3S. The lowest BCUT2D eigenvalue weighted by Gasteiger charge is -2.08. The van der Waals surface area contributed by atoms with Crippen LogP contribution in [0.4, 0.5) is 11.4 Å². The van der Waals surface area contributed by atoms with Crippen molar-refractivity contribution in [2.45, 2.75) is 13.8 Å². The first-order valence-electron chi connectivity index (χ1n) is 5.20. The Labute approximate surface area is 101 Å². The molecule has 17 heavy (non-hydrogen) atoms. The highest BCUT2D eigenvalue weighted by molar-refractivity contribution is 7.92. The monoisotopic (exact) mass is 256 g/mol. The van der Waals surface area contributed by atoms with E-state index in [0.717, 1.165) is 5.56 Å². The first kappa shape index (κ1) is 13.5. The minimum Gasteiger partial charge on any atom is -0.397 e. The Morgan fingerprint density at radius 3 is 2.59 bits per heavy atom. The van der Waals surface area contributed by atoms with E-state index in [1.54, 1.807) is 18.2 Å². The number of benzene rings is 1. The van der Waals surface area contributed by atoms with Gasteiger partial charge in [-0.15, -0.1) is 0 Å². The number of rotatable bonds is 4. The standard InChI is InChI=1S/C11H16N2O3S/c1-3-17(15,16)7-11(14)13-10-5-4-8(2)6-9(10)12/h4-6H,3,7,12H2,1-2H3,(H,13,14). The number of sulfone groups is 1. The number of nitrogen functional groups attached to an aromatic ring is 1. The molecule has 0 aromatic heterocycles. The van der Waals surface area contributed by atoms with Crippen LogP contribution >= 0.6 is 0 Å². The zero-order chi connectivity index (χ0) is 13.1. The van der Waals surface area contributed by atoms with Gasteiger partial charge in [-0.25, -0.2) is 8.42 Å². The molecule has 0 saturated heterocycles. The van der Waals surface area contributed by atoms with E-state index in [4.69, 9.17) is 5.73 Å². The smallest absolute Gasteiger partial charge is 0.239 e. The summed E-state index contributed by atoms with van der Waals surface area (Å²) in [5.74, 6) is -1.14. The second-order valence-corrected chi connectivity index (χ2v) is 6.17. The number of aryl methyl sites for hydroxylation is 1. The average molecular weight is 256 g/mol. The van der Waals surface area contributed by atoms with E-state index >= 15 is 0 Å². The lowest BCUT2D eigenvalue weighted by atomic mass is 10.2. The van der Waals surface area contributed by atoms with E-state index in [2.05, 4.69) is 5.32 Å². The van der Waals surface area contributed by atoms with Gasteiger partial charge in [0.05, 0.1) is 11.4 Å². The quantitative estimate of drug-likeness (QED) is 0.785. The molecule has 1 aromatic carbocycles. The topological polar surface area (TPSA) is 89.3 Å². The molecule has 0 spiro atoms. The highest BCUT2D eigenvalue weighted by atomic mass is 32.2. The molecule has 6 heteroatoms. The minimum atomic E-state index is -3.31. The Morgan fingerprint density at radius 1 is 1.41 bits per heavy atom. The molecule has 0 fully saturated rings. The number of nitrogens with one attached hydrogen (secondary N) is 1. The summed E-state index contributed by atoms with van der Waals surface area (Å²) in [7, 11) is -3.31. The Bertz CT molecular complexity index is 524. The minimum absolute atomic E-state index is 0.0518. The summed E-state index contributed by atoms with van der Waals surface area (Å²) < 4.78 is 22.5. The first-order valence-corrected chi connectivity index (χ1v) is 7.02. The molecule has 1 rings (SSSR count). The van der Waals surface area contributed by atoms with E-state index in [0.29, 0.717) is 11.4 Å². The van der Waals surface area contributed by atoms with E-state index in [1.807, 2.05) is 6.92 Å². The number of hydrogen-bond acceptors (Lipinski definition) is 4. The van der Waals surface area contributed by atoms with E-state index in [9.17, 15) is 13.2 Å². The SMILES string of the molecule is CCS(=O)(=O)CC(=O)Nc1ccc(C)cc1N. The number of nitrogens with two attached hydrogens (primary N) is 1. The van der Waals surface area contributed by atoms with Crippen molar-refractivity contribution in [3.8, 4) is 0 Å². The zero-order valence-electron chi connectivity index (χ0n) is 9.86. The number of anilines is 2. The molecule has 0 saturated carbocycles. The molecule has 94 valence electrons. The summed E-state index contributed by atoms with van der Waals surface area (Å²) in [4.78, 5) is 11.5. The van der Waals surface area contributed by atoms with E-state index < -0.39 is 21.5 Å². The van der Waals surface area contributed by atoms with Crippen molar-refractivity contribution >= 4 is 27.1 Å². The van der Waals surface area contributed by atoms with Crippen molar-refractivity contribution in [3.63, 3.8) is 0 Å². The van der Waals surface area contributed by atoms with Gasteiger partial charge in [-0.2, -0.15) is 0 Å². The maximum atomic E-state index is 11.5. The molecule has 3 N–H and O–H groups in total. The Balaban J connectivity index is 2.75. The number of hydrogen-bond donors (Lipinski definition) is 2. The van der Waals surface area contributed by atoms with Crippen molar-refractivity contribution in [2.75, 3.05) is 22.6 Å². The molecule has 0 atom stereocenters. The van der Waals surface area contributed by atoms with Gasteiger partial charge in [0.15, 0.2) is 9.84 Å². The van der Waals surface area contributed by atoms with Crippen molar-refractivity contribution < 1.29 is 13.2 Å². The van der Waals surface area contributed by atoms with E-state index in [-0.39, 0.29) is 5.75 Å². The van der Waals surface area contributed by atoms with Crippen LogP contribution in [0, 0.1) is 6.92 Å². The molecule has 1 amide bonds. The average Bonchev–Trinajstić information content (AvgIpc) is 2.21. The van der Waals surface area contributed by atoms with Crippen LogP contribution in [-0.2, 0) is 14.6 Å². The van der Waals surface area contributed by atoms with Crippen LogP contribution in [0.5, 0.6) is 0 Å². The highest BCUT2D eigenvalue weighted by Crippen LogP contribution is 2.19. The van der Waals surface area contributed by atoms with Gasteiger partial charge in [0.1, 0.15) is 5.75 Å². The first-order chi connectivity index (χ1) is 7.84. The molecule has 0 heterocycles. The van der Waals surface area contributed by atoms with Crippen LogP contribution in [0.3, 0.4) is 0 Å². The third kappa shape index (κ3) is 4.07. The summed E-state index contributed by atoms with van der Waals surface area (Å²) >= 11 is 0. The predicted octanol–water partition coefficient (Wildman–Crippen LogP) is 0.950. The summed E-state index contributed by atoms with van der Waals surface area (Å²) in [5.41, 5.74) is 7.54. The van der Waals surface area contributed by atoms with Crippen molar-refractivity contribution in [2.24, 2.45) is 0 Å². The van der Waals surface area contributed by atoms with Crippen LogP contribution in [0.15, 0.2) is 18.2 Å². The van der Waals surface area contributed by atoms with Gasteiger partial charge in [-0.1, -0.05) is 13.0 Å². The third-order valence-electron chi connectivity index (χ3n) is 2.27. The third-order valence-corrected chi connectivity index (χ3v) is 3.85. The van der Waals surface area contributed by atoms with Crippen LogP contribution in [0.2, 0.25) is 0 Å². The largest absolute Gasteiger partial charge is 0.397 e. The summed E-state index contributed by atoms with van der Waals surface area (Å²) in [6.07, 6.45) is 0. The van der Waals surface area contributed by atoms with Gasteiger partial charge in [0, 0.05) is 5.75 Å². The highest BCUT2D eigenvalue weighted by Gasteiger charge is 2.14. The Morgan fingerprint density at radius 2 is 2.06 bits per heavy atom. The second-order valence-electron chi connectivity index (χ2n) is 3.82. The van der Waals surface area contributed by atoms with Crippen molar-refractivity contribution in [3.05, 3.63) is 23.8 Å². The molecule has 1 aromatic rings. The van der Waals surface area contributed by atoms with E-state index in [1.165, 1.54) is 6.92 Å². The lowest BCUT2D eigenvalue weighted by molar-refractivity contribution is -0.113. The Hall–Kier alpha value is -1.56. The Kier molecular flexibility index (Phi) is 4.11. The van der Waals surface area contributed by atoms with Crippen LogP contribution in [-0.4, -0.2) is 25.8 Å². The molecule has 0 aliphatic rings. The fourth-order valence-corrected chi connectivity index (χ4v) is 1.96. The summed E-state index contributed by atoms with van der Waals surface area (Å²) in [6, 6.07) is 5.16. The molecular weight excluding hydrogens is 240 g/mol. The predicted molar refractivity (Wildman–Crippen MR) is 68.5 cm³/mol. The van der Waals surface area contributed by atoms with Gasteiger partial charge in [0.2, 0.25) is 5.91 Å². The lowest BCUT2D eigenvalue weighted by Crippen LogP contribution is -2.24. The van der Waals surface area contributed by atoms with Gasteiger partial charge in [0.25, 0.3) is 0 Å². The summed E-state index contributed by atoms with van der Waals surface area (Å²) in [6.45, 7) is 3.38. The number of carbonyl (C=O) groups excluding carboxylic acids is 1. The van der Waals surface area contributed by atoms with Gasteiger partial charge in [-0.05, 0) is 24.6 Å². The molecule has 0 unspecified atom stereocenters. The molecule has 5 nitrogen and oxygen atoms in total. The van der Waals surface area contributed by atoms with Gasteiger partial charge >= 0.3 is 0 Å². The number of amides is 1. The van der Waals surface area contributed by atoms with Crippen LogP contribution in [0.1, 0.15) is 12.5 Å². The second kappa shape index (κ2) is 5.18. The van der Waals surface area contributed by atoms with Gasteiger partial charge < -0.3 is 11.1 Å². The molecule has 0 aliphatic heterocycles. The van der Waals surface area contributed by atoms with Crippen molar-refractivity contribution in [1.82, 2.24) is 0 Å². The van der Waals surface area contributed by atoms with Crippen molar-refractivity contribution in [1.29, 1.82) is 0 Å². The molecule has 0 aliphatic carbocycles. The maximum Gasteiger partial charge on any atom is 0.239 e. The van der Waals surface area contributed by atoms with Crippen LogP contribution < -0.4 is 11.1 Å². The fraction of sp³-hybridized carbons (Fsp3) is 0.364. The fourth-order valence-electron chi connectivity index (χ4n) is 1.28. The van der Waals surface area contributed by atoms with Crippen LogP contribution in [0.25, 0.3) is 0 Å².